The summed E-state index contributed by atoms with van der Waals surface area (Å²) in [7, 11) is -3.67. The van der Waals surface area contributed by atoms with Crippen LogP contribution >= 0.6 is 0 Å². The van der Waals surface area contributed by atoms with Crippen LogP contribution in [0.3, 0.4) is 0 Å². The van der Waals surface area contributed by atoms with Crippen LogP contribution in [-0.4, -0.2) is 20.4 Å². The molecule has 0 aliphatic heterocycles. The van der Waals surface area contributed by atoms with Crippen molar-refractivity contribution in [2.24, 2.45) is 0 Å². The van der Waals surface area contributed by atoms with E-state index in [1.54, 1.807) is 42.5 Å². The van der Waals surface area contributed by atoms with Crippen LogP contribution in [0.1, 0.15) is 29.8 Å². The minimum atomic E-state index is -3.67. The van der Waals surface area contributed by atoms with Crippen molar-refractivity contribution in [1.82, 2.24) is 5.32 Å². The lowest BCUT2D eigenvalue weighted by molar-refractivity contribution is 0.0951. The number of benzene rings is 3. The topological polar surface area (TPSA) is 84.5 Å². The summed E-state index contributed by atoms with van der Waals surface area (Å²) in [6, 6.07) is 22.0. The monoisotopic (exact) mass is 424 g/mol. The molecule has 0 bridgehead atoms. The molecule has 0 aromatic heterocycles. The van der Waals surface area contributed by atoms with E-state index < -0.39 is 10.0 Å². The molecule has 0 aliphatic carbocycles. The number of hydrogen-bond acceptors (Lipinski definition) is 4. The molecule has 0 spiro atoms. The van der Waals surface area contributed by atoms with Crippen LogP contribution in [0.5, 0.6) is 5.75 Å². The van der Waals surface area contributed by atoms with Gasteiger partial charge in [-0.15, -0.1) is 0 Å². The highest BCUT2D eigenvalue weighted by atomic mass is 32.2. The van der Waals surface area contributed by atoms with Gasteiger partial charge >= 0.3 is 0 Å². The second-order valence-corrected chi connectivity index (χ2v) is 8.67. The van der Waals surface area contributed by atoms with E-state index >= 15 is 0 Å². The molecule has 2 N–H and O–H groups in total. The predicted molar refractivity (Wildman–Crippen MR) is 117 cm³/mol. The van der Waals surface area contributed by atoms with Crippen molar-refractivity contribution < 1.29 is 17.9 Å². The molecule has 0 heterocycles. The second kappa shape index (κ2) is 9.45. The number of nitrogens with one attached hydrogen (secondary N) is 2. The fraction of sp³-hybridized carbons (Fsp3) is 0.174. The average Bonchev–Trinajstić information content (AvgIpc) is 2.73. The Balaban J connectivity index is 1.60. The number of ether oxygens (including phenoxy) is 1. The second-order valence-electron chi connectivity index (χ2n) is 6.99. The fourth-order valence-electron chi connectivity index (χ4n) is 2.79. The van der Waals surface area contributed by atoms with Crippen molar-refractivity contribution in [3.63, 3.8) is 0 Å². The van der Waals surface area contributed by atoms with Gasteiger partial charge in [0, 0.05) is 17.8 Å². The molecule has 0 radical (unpaired) electrons. The first-order valence-corrected chi connectivity index (χ1v) is 11.0. The third-order valence-corrected chi connectivity index (χ3v) is 5.57. The Bertz CT molecular complexity index is 1100. The van der Waals surface area contributed by atoms with Gasteiger partial charge in [-0.2, -0.15) is 0 Å². The van der Waals surface area contributed by atoms with Crippen molar-refractivity contribution >= 4 is 21.6 Å². The molecule has 30 heavy (non-hydrogen) atoms. The number of carbonyl (C=O) groups is 1. The van der Waals surface area contributed by atoms with Gasteiger partial charge in [0.1, 0.15) is 5.75 Å². The molecule has 0 atom stereocenters. The largest absolute Gasteiger partial charge is 0.491 e. The molecule has 1 amide bonds. The highest BCUT2D eigenvalue weighted by Crippen LogP contribution is 2.17. The Hall–Kier alpha value is -3.32. The lowest BCUT2D eigenvalue weighted by Gasteiger charge is -2.12. The van der Waals surface area contributed by atoms with Crippen LogP contribution in [0, 0.1) is 0 Å². The first kappa shape index (κ1) is 21.4. The standard InChI is InChI=1S/C23H24N2O4S/c1-17(2)29-21-8-6-7-18(15-21)16-24-23(26)19-11-13-20(14-12-19)25-30(27,28)22-9-4-3-5-10-22/h3-15,17,25H,16H2,1-2H3,(H,24,26). The van der Waals surface area contributed by atoms with Crippen LogP contribution in [0.15, 0.2) is 83.8 Å². The lowest BCUT2D eigenvalue weighted by atomic mass is 10.1. The molecular weight excluding hydrogens is 400 g/mol. The maximum absolute atomic E-state index is 12.4. The van der Waals surface area contributed by atoms with Crippen molar-refractivity contribution in [1.29, 1.82) is 0 Å². The molecule has 156 valence electrons. The van der Waals surface area contributed by atoms with E-state index in [1.807, 2.05) is 38.1 Å². The molecule has 0 unspecified atom stereocenters. The van der Waals surface area contributed by atoms with Crippen molar-refractivity contribution in [3.8, 4) is 5.75 Å². The van der Waals surface area contributed by atoms with E-state index in [9.17, 15) is 13.2 Å². The molecule has 7 heteroatoms. The number of rotatable bonds is 8. The Labute approximate surface area is 177 Å². The Morgan fingerprint density at radius 1 is 0.933 bits per heavy atom. The quantitative estimate of drug-likeness (QED) is 0.567. The Kier molecular flexibility index (Phi) is 6.74. The van der Waals surface area contributed by atoms with E-state index in [1.165, 1.54) is 12.1 Å². The summed E-state index contributed by atoms with van der Waals surface area (Å²) in [5.74, 6) is 0.509. The average molecular weight is 425 g/mol. The number of anilines is 1. The zero-order chi connectivity index (χ0) is 21.6. The first-order valence-electron chi connectivity index (χ1n) is 9.55. The van der Waals surface area contributed by atoms with E-state index in [0.717, 1.165) is 11.3 Å². The number of amides is 1. The summed E-state index contributed by atoms with van der Waals surface area (Å²) >= 11 is 0. The minimum Gasteiger partial charge on any atom is -0.491 e. The van der Waals surface area contributed by atoms with Crippen LogP contribution in [-0.2, 0) is 16.6 Å². The maximum Gasteiger partial charge on any atom is 0.261 e. The predicted octanol–water partition coefficient (Wildman–Crippen LogP) is 4.20. The van der Waals surface area contributed by atoms with Gasteiger partial charge in [0.25, 0.3) is 15.9 Å². The summed E-state index contributed by atoms with van der Waals surface area (Å²) in [4.78, 5) is 12.6. The molecule has 6 nitrogen and oxygen atoms in total. The summed E-state index contributed by atoms with van der Waals surface area (Å²) in [5.41, 5.74) is 1.75. The van der Waals surface area contributed by atoms with Crippen molar-refractivity contribution in [2.75, 3.05) is 4.72 Å². The molecule has 0 saturated carbocycles. The zero-order valence-electron chi connectivity index (χ0n) is 16.8. The van der Waals surface area contributed by atoms with Gasteiger partial charge in [0.05, 0.1) is 11.0 Å². The van der Waals surface area contributed by atoms with E-state index in [-0.39, 0.29) is 16.9 Å². The molecule has 0 fully saturated rings. The van der Waals surface area contributed by atoms with Crippen molar-refractivity contribution in [3.05, 3.63) is 90.0 Å². The van der Waals surface area contributed by atoms with E-state index in [2.05, 4.69) is 10.0 Å². The SMILES string of the molecule is CC(C)Oc1cccc(CNC(=O)c2ccc(NS(=O)(=O)c3ccccc3)cc2)c1. The van der Waals surface area contributed by atoms with Crippen LogP contribution in [0.4, 0.5) is 5.69 Å². The Morgan fingerprint density at radius 2 is 1.63 bits per heavy atom. The van der Waals surface area contributed by atoms with Gasteiger partial charge in [0.2, 0.25) is 0 Å². The molecule has 3 aromatic rings. The fourth-order valence-corrected chi connectivity index (χ4v) is 3.87. The van der Waals surface area contributed by atoms with Gasteiger partial charge in [-0.05, 0) is 67.9 Å². The number of carbonyl (C=O) groups excluding carboxylic acids is 1. The lowest BCUT2D eigenvalue weighted by Crippen LogP contribution is -2.22. The van der Waals surface area contributed by atoms with Gasteiger partial charge < -0.3 is 10.1 Å². The number of hydrogen-bond donors (Lipinski definition) is 2. The zero-order valence-corrected chi connectivity index (χ0v) is 17.6. The first-order chi connectivity index (χ1) is 14.3. The Morgan fingerprint density at radius 3 is 2.30 bits per heavy atom. The summed E-state index contributed by atoms with van der Waals surface area (Å²) < 4.78 is 32.9. The van der Waals surface area contributed by atoms with Gasteiger partial charge in [-0.3, -0.25) is 9.52 Å². The smallest absolute Gasteiger partial charge is 0.261 e. The van der Waals surface area contributed by atoms with Crippen LogP contribution in [0.2, 0.25) is 0 Å². The molecule has 0 aliphatic rings. The minimum absolute atomic E-state index is 0.0765. The van der Waals surface area contributed by atoms with E-state index in [0.29, 0.717) is 17.8 Å². The van der Waals surface area contributed by atoms with Crippen LogP contribution in [0.25, 0.3) is 0 Å². The van der Waals surface area contributed by atoms with Crippen molar-refractivity contribution in [2.45, 2.75) is 31.4 Å². The maximum atomic E-state index is 12.4. The highest BCUT2D eigenvalue weighted by Gasteiger charge is 2.14. The molecule has 3 rings (SSSR count). The summed E-state index contributed by atoms with van der Waals surface area (Å²) in [6.07, 6.45) is 0.0765. The normalized spacial score (nSPS) is 11.2. The third kappa shape index (κ3) is 5.84. The molecule has 0 saturated heterocycles. The summed E-state index contributed by atoms with van der Waals surface area (Å²) in [6.45, 7) is 4.27. The number of sulfonamides is 1. The van der Waals surface area contributed by atoms with E-state index in [4.69, 9.17) is 4.74 Å². The van der Waals surface area contributed by atoms with Crippen LogP contribution < -0.4 is 14.8 Å². The molecule has 3 aromatic carbocycles. The van der Waals surface area contributed by atoms with Gasteiger partial charge in [0.15, 0.2) is 0 Å². The van der Waals surface area contributed by atoms with Gasteiger partial charge in [-0.1, -0.05) is 30.3 Å². The molecular formula is C23H24N2O4S. The third-order valence-electron chi connectivity index (χ3n) is 4.18. The van der Waals surface area contributed by atoms with Gasteiger partial charge in [-0.25, -0.2) is 8.42 Å². The highest BCUT2D eigenvalue weighted by molar-refractivity contribution is 7.92. The summed E-state index contributed by atoms with van der Waals surface area (Å²) in [5, 5.41) is 2.86.